The Kier molecular flexibility index (Phi) is 4.44. The molecule has 0 saturated carbocycles. The lowest BCUT2D eigenvalue weighted by atomic mass is 10.3. The van der Waals surface area contributed by atoms with Gasteiger partial charge in [0.05, 0.1) is 19.6 Å². The molecule has 26 heavy (non-hydrogen) atoms. The molecule has 1 unspecified atom stereocenters. The minimum Gasteiger partial charge on any atom is -0.471 e. The van der Waals surface area contributed by atoms with E-state index in [4.69, 9.17) is 4.74 Å². The van der Waals surface area contributed by atoms with Crippen LogP contribution in [0.5, 0.6) is 5.88 Å². The summed E-state index contributed by atoms with van der Waals surface area (Å²) in [4.78, 5) is 8.30. The highest BCUT2D eigenvalue weighted by atomic mass is 32.2. The summed E-state index contributed by atoms with van der Waals surface area (Å²) in [5.41, 5.74) is 0.921. The maximum Gasteiger partial charge on any atom is 0.245 e. The summed E-state index contributed by atoms with van der Waals surface area (Å²) in [7, 11) is -3.67. The van der Waals surface area contributed by atoms with E-state index in [-0.39, 0.29) is 24.1 Å². The van der Waals surface area contributed by atoms with Gasteiger partial charge in [-0.1, -0.05) is 6.07 Å². The Balaban J connectivity index is 1.66. The molecule has 134 valence electrons. The second-order valence-electron chi connectivity index (χ2n) is 6.05. The number of nitrogens with zero attached hydrogens (tertiary/aromatic N) is 4. The molecule has 3 aromatic heterocycles. The van der Waals surface area contributed by atoms with Crippen LogP contribution in [0.1, 0.15) is 5.69 Å². The fourth-order valence-corrected chi connectivity index (χ4v) is 4.42. The van der Waals surface area contributed by atoms with Crippen molar-refractivity contribution < 1.29 is 13.2 Å². The van der Waals surface area contributed by atoms with Crippen LogP contribution in [-0.2, 0) is 23.1 Å². The topological polar surface area (TPSA) is 77.3 Å². The molecule has 4 heterocycles. The predicted octanol–water partition coefficient (Wildman–Crippen LogP) is 1.93. The third-order valence-electron chi connectivity index (χ3n) is 4.27. The summed E-state index contributed by atoms with van der Waals surface area (Å²) in [6, 6.07) is 12.4. The quantitative estimate of drug-likeness (QED) is 0.701. The average molecular weight is 370 g/mol. The summed E-state index contributed by atoms with van der Waals surface area (Å²) in [6.07, 6.45) is 6.15. The minimum absolute atomic E-state index is 0.177. The third-order valence-corrected chi connectivity index (χ3v) is 6.06. The van der Waals surface area contributed by atoms with E-state index in [9.17, 15) is 8.42 Å². The number of fused-ring (bicyclic) bond motifs is 1. The largest absolute Gasteiger partial charge is 0.471 e. The molecule has 1 aliphatic heterocycles. The molecule has 0 bridgehead atoms. The Morgan fingerprint density at radius 2 is 1.96 bits per heavy atom. The van der Waals surface area contributed by atoms with Crippen LogP contribution in [0.3, 0.4) is 0 Å². The summed E-state index contributed by atoms with van der Waals surface area (Å²) in [6.45, 7) is 1.07. The van der Waals surface area contributed by atoms with E-state index in [0.717, 1.165) is 5.69 Å². The van der Waals surface area contributed by atoms with Gasteiger partial charge < -0.3 is 9.30 Å². The first-order valence-corrected chi connectivity index (χ1v) is 9.69. The molecular weight excluding hydrogens is 352 g/mol. The zero-order valence-corrected chi connectivity index (χ0v) is 14.8. The van der Waals surface area contributed by atoms with Crippen LogP contribution in [0.2, 0.25) is 0 Å². The molecule has 0 aromatic carbocycles. The zero-order valence-electron chi connectivity index (χ0n) is 14.0. The van der Waals surface area contributed by atoms with Gasteiger partial charge in [0.25, 0.3) is 0 Å². The minimum atomic E-state index is -3.67. The van der Waals surface area contributed by atoms with Gasteiger partial charge in [0.1, 0.15) is 11.0 Å². The van der Waals surface area contributed by atoms with Crippen LogP contribution in [0.15, 0.2) is 72.1 Å². The van der Waals surface area contributed by atoms with Crippen LogP contribution < -0.4 is 4.74 Å². The predicted molar refractivity (Wildman–Crippen MR) is 94.9 cm³/mol. The number of aromatic nitrogens is 3. The van der Waals surface area contributed by atoms with Gasteiger partial charge in [0.2, 0.25) is 15.9 Å². The monoisotopic (exact) mass is 370 g/mol. The average Bonchev–Trinajstić information content (AvgIpc) is 3.01. The van der Waals surface area contributed by atoms with Crippen molar-refractivity contribution in [3.63, 3.8) is 0 Å². The number of hydrogen-bond acceptors (Lipinski definition) is 5. The molecule has 0 saturated heterocycles. The van der Waals surface area contributed by atoms with Gasteiger partial charge in [0, 0.05) is 36.5 Å². The number of pyridine rings is 2. The first-order valence-electron chi connectivity index (χ1n) is 8.25. The third kappa shape index (κ3) is 3.33. The van der Waals surface area contributed by atoms with Crippen LogP contribution in [-0.4, -0.2) is 39.9 Å². The summed E-state index contributed by atoms with van der Waals surface area (Å²) in [5, 5.41) is 0. The summed E-state index contributed by atoms with van der Waals surface area (Å²) in [5.74, 6) is 0.479. The first kappa shape index (κ1) is 16.7. The van der Waals surface area contributed by atoms with E-state index in [1.165, 1.54) is 10.5 Å². The van der Waals surface area contributed by atoms with E-state index in [1.54, 1.807) is 30.6 Å². The Labute approximate surface area is 151 Å². The second kappa shape index (κ2) is 6.89. The Morgan fingerprint density at radius 1 is 1.04 bits per heavy atom. The highest BCUT2D eigenvalue weighted by molar-refractivity contribution is 7.89. The van der Waals surface area contributed by atoms with Crippen molar-refractivity contribution >= 4 is 10.0 Å². The van der Waals surface area contributed by atoms with Gasteiger partial charge in [-0.05, 0) is 30.3 Å². The molecular formula is C18H18N4O3S. The lowest BCUT2D eigenvalue weighted by molar-refractivity contribution is 0.154. The molecule has 0 aliphatic carbocycles. The molecule has 1 atom stereocenters. The van der Waals surface area contributed by atoms with E-state index in [0.29, 0.717) is 12.4 Å². The van der Waals surface area contributed by atoms with Crippen molar-refractivity contribution in [3.8, 4) is 5.88 Å². The fraction of sp³-hybridized carbons (Fsp3) is 0.222. The molecule has 8 heteroatoms. The van der Waals surface area contributed by atoms with Gasteiger partial charge in [-0.15, -0.1) is 0 Å². The highest BCUT2D eigenvalue weighted by Gasteiger charge is 2.32. The second-order valence-corrected chi connectivity index (χ2v) is 7.98. The fourth-order valence-electron chi connectivity index (χ4n) is 3.01. The number of rotatable bonds is 4. The number of hydrogen-bond donors (Lipinski definition) is 0. The van der Waals surface area contributed by atoms with Gasteiger partial charge in [-0.2, -0.15) is 4.31 Å². The van der Waals surface area contributed by atoms with Crippen LogP contribution >= 0.6 is 0 Å². The van der Waals surface area contributed by atoms with Crippen molar-refractivity contribution in [2.45, 2.75) is 24.1 Å². The van der Waals surface area contributed by atoms with E-state index >= 15 is 0 Å². The summed E-state index contributed by atoms with van der Waals surface area (Å²) >= 11 is 0. The SMILES string of the molecule is O=S(=O)(c1cccnc1)N1Cc2cccn2CC(Oc2ccccn2)C1. The van der Waals surface area contributed by atoms with Crippen molar-refractivity contribution in [1.82, 2.24) is 18.8 Å². The van der Waals surface area contributed by atoms with Crippen LogP contribution in [0.25, 0.3) is 0 Å². The Bertz CT molecular complexity index is 974. The molecule has 4 rings (SSSR count). The summed E-state index contributed by atoms with van der Waals surface area (Å²) < 4.78 is 35.6. The molecule has 0 spiro atoms. The van der Waals surface area contributed by atoms with E-state index in [2.05, 4.69) is 9.97 Å². The van der Waals surface area contributed by atoms with Crippen molar-refractivity contribution in [2.75, 3.05) is 6.54 Å². The lowest BCUT2D eigenvalue weighted by Crippen LogP contribution is -2.38. The molecule has 0 N–H and O–H groups in total. The highest BCUT2D eigenvalue weighted by Crippen LogP contribution is 2.23. The van der Waals surface area contributed by atoms with Gasteiger partial charge in [0.15, 0.2) is 0 Å². The standard InChI is InChI=1S/C18H18N4O3S/c23-26(24,17-6-3-8-19-11-17)22-12-15-5-4-10-21(15)13-16(14-22)25-18-7-1-2-9-20-18/h1-11,16H,12-14H2. The Morgan fingerprint density at radius 3 is 2.73 bits per heavy atom. The van der Waals surface area contributed by atoms with E-state index < -0.39 is 10.0 Å². The molecule has 0 amide bonds. The zero-order chi connectivity index (χ0) is 18.0. The maximum absolute atomic E-state index is 13.1. The number of sulfonamides is 1. The molecule has 0 fully saturated rings. The van der Waals surface area contributed by atoms with Crippen molar-refractivity contribution in [1.29, 1.82) is 0 Å². The first-order chi connectivity index (χ1) is 12.6. The number of ether oxygens (including phenoxy) is 1. The van der Waals surface area contributed by atoms with Gasteiger partial charge in [-0.3, -0.25) is 4.98 Å². The lowest BCUT2D eigenvalue weighted by Gasteiger charge is -2.24. The maximum atomic E-state index is 13.1. The van der Waals surface area contributed by atoms with Crippen molar-refractivity contribution in [3.05, 3.63) is 72.9 Å². The van der Waals surface area contributed by atoms with Gasteiger partial charge in [-0.25, -0.2) is 13.4 Å². The molecule has 3 aromatic rings. The normalized spacial score (nSPS) is 18.1. The Hall–Kier alpha value is -2.71. The van der Waals surface area contributed by atoms with Gasteiger partial charge >= 0.3 is 0 Å². The molecule has 7 nitrogen and oxygen atoms in total. The smallest absolute Gasteiger partial charge is 0.245 e. The van der Waals surface area contributed by atoms with Crippen LogP contribution in [0, 0.1) is 0 Å². The van der Waals surface area contributed by atoms with Crippen LogP contribution in [0.4, 0.5) is 0 Å². The molecule has 1 aliphatic rings. The van der Waals surface area contributed by atoms with Crippen molar-refractivity contribution in [2.24, 2.45) is 0 Å². The van der Waals surface area contributed by atoms with E-state index in [1.807, 2.05) is 35.0 Å². The molecule has 0 radical (unpaired) electrons.